The molecule has 0 unspecified atom stereocenters. The van der Waals surface area contributed by atoms with E-state index in [1.54, 1.807) is 0 Å². The maximum Gasteiger partial charge on any atom is 0.133 e. The summed E-state index contributed by atoms with van der Waals surface area (Å²) in [4.78, 5) is 8.98. The Labute approximate surface area is 342 Å². The number of aromatic nitrogens is 7. The SMILES string of the molecule is Cc1cc(C(C)(C)C)n(C)n1.Cc1cc(C(C)(C)C)no1.Cc1ccc(C(C)(C)C)c(C)n1.Cc1ccc(C(C)(C)C)nc1C.Cc1nn(C)cc1C(C)(C)C. The van der Waals surface area contributed by atoms with E-state index in [1.165, 1.54) is 28.1 Å². The first-order chi connectivity index (χ1) is 25.1. The summed E-state index contributed by atoms with van der Waals surface area (Å²) in [5, 5.41) is 12.5. The van der Waals surface area contributed by atoms with Gasteiger partial charge in [0.25, 0.3) is 0 Å². The minimum Gasteiger partial charge on any atom is -0.361 e. The number of hydrogen-bond donors (Lipinski definition) is 0. The highest BCUT2D eigenvalue weighted by Crippen LogP contribution is 2.26. The minimum atomic E-state index is 0.109. The van der Waals surface area contributed by atoms with Crippen molar-refractivity contribution < 1.29 is 4.52 Å². The van der Waals surface area contributed by atoms with E-state index in [1.807, 2.05) is 50.3 Å². The Morgan fingerprint density at radius 3 is 1.30 bits per heavy atom. The van der Waals surface area contributed by atoms with Crippen LogP contribution >= 0.6 is 0 Å². The van der Waals surface area contributed by atoms with Crippen LogP contribution in [0.4, 0.5) is 0 Å². The van der Waals surface area contributed by atoms with Gasteiger partial charge in [-0.05, 0) is 94.2 Å². The molecule has 0 spiro atoms. The van der Waals surface area contributed by atoms with E-state index in [2.05, 4.69) is 193 Å². The Morgan fingerprint density at radius 1 is 0.482 bits per heavy atom. The molecule has 5 aromatic rings. The molecule has 0 fully saturated rings. The normalized spacial score (nSPS) is 11.9. The van der Waals surface area contributed by atoms with Gasteiger partial charge < -0.3 is 4.52 Å². The molecule has 0 N–H and O–H groups in total. The largest absolute Gasteiger partial charge is 0.361 e. The number of aryl methyl sites for hydroxylation is 9. The molecule has 0 aliphatic heterocycles. The van der Waals surface area contributed by atoms with Gasteiger partial charge in [0.15, 0.2) is 0 Å². The van der Waals surface area contributed by atoms with Crippen molar-refractivity contribution in [1.29, 1.82) is 0 Å². The maximum absolute atomic E-state index is 4.94. The summed E-state index contributed by atoms with van der Waals surface area (Å²) >= 11 is 0. The average Bonchev–Trinajstić information content (AvgIpc) is 3.71. The molecule has 0 saturated carbocycles. The second-order valence-electron chi connectivity index (χ2n) is 20.4. The lowest BCUT2D eigenvalue weighted by Gasteiger charge is -2.20. The molecule has 8 nitrogen and oxygen atoms in total. The van der Waals surface area contributed by atoms with Crippen molar-refractivity contribution in [2.24, 2.45) is 14.1 Å². The van der Waals surface area contributed by atoms with Crippen molar-refractivity contribution in [3.8, 4) is 0 Å². The van der Waals surface area contributed by atoms with Crippen LogP contribution in [0.25, 0.3) is 0 Å². The first-order valence-corrected chi connectivity index (χ1v) is 20.0. The molecule has 56 heavy (non-hydrogen) atoms. The lowest BCUT2D eigenvalue weighted by Crippen LogP contribution is -2.16. The van der Waals surface area contributed by atoms with Crippen molar-refractivity contribution in [1.82, 2.24) is 34.7 Å². The molecular formula is C48H79N7O. The van der Waals surface area contributed by atoms with Crippen LogP contribution in [0.2, 0.25) is 0 Å². The van der Waals surface area contributed by atoms with Crippen molar-refractivity contribution in [2.45, 2.75) is 179 Å². The zero-order chi connectivity index (χ0) is 43.8. The molecule has 0 radical (unpaired) electrons. The van der Waals surface area contributed by atoms with Crippen LogP contribution in [0.1, 0.15) is 172 Å². The van der Waals surface area contributed by atoms with Crippen LogP contribution in [0.3, 0.4) is 0 Å². The van der Waals surface area contributed by atoms with Crippen LogP contribution in [0.15, 0.2) is 47.1 Å². The van der Waals surface area contributed by atoms with E-state index in [4.69, 9.17) is 4.52 Å². The quantitative estimate of drug-likeness (QED) is 0.156. The van der Waals surface area contributed by atoms with E-state index in [0.717, 1.165) is 39.9 Å². The molecule has 0 amide bonds. The van der Waals surface area contributed by atoms with Gasteiger partial charge >= 0.3 is 0 Å². The number of rotatable bonds is 0. The fraction of sp³-hybridized carbons (Fsp3) is 0.604. The molecule has 0 saturated heterocycles. The topological polar surface area (TPSA) is 87.4 Å². The summed E-state index contributed by atoms with van der Waals surface area (Å²) < 4.78 is 8.77. The summed E-state index contributed by atoms with van der Waals surface area (Å²) in [6.07, 6.45) is 2.09. The molecule has 0 aliphatic rings. The van der Waals surface area contributed by atoms with Gasteiger partial charge in [-0.25, -0.2) is 0 Å². The second-order valence-corrected chi connectivity index (χ2v) is 20.4. The third-order valence-corrected chi connectivity index (χ3v) is 9.14. The van der Waals surface area contributed by atoms with Gasteiger partial charge in [0.05, 0.1) is 17.1 Å². The van der Waals surface area contributed by atoms with Crippen LogP contribution < -0.4 is 0 Å². The summed E-state index contributed by atoms with van der Waals surface area (Å²) in [6, 6.07) is 12.6. The number of hydrogen-bond acceptors (Lipinski definition) is 6. The minimum absolute atomic E-state index is 0.109. The molecule has 5 rings (SSSR count). The van der Waals surface area contributed by atoms with E-state index < -0.39 is 0 Å². The highest BCUT2D eigenvalue weighted by atomic mass is 16.5. The molecule has 312 valence electrons. The van der Waals surface area contributed by atoms with Crippen LogP contribution in [-0.2, 0) is 41.2 Å². The van der Waals surface area contributed by atoms with Gasteiger partial charge in [-0.2, -0.15) is 10.2 Å². The van der Waals surface area contributed by atoms with Gasteiger partial charge in [0, 0.05) is 71.1 Å². The molecular weight excluding hydrogens is 691 g/mol. The van der Waals surface area contributed by atoms with Crippen molar-refractivity contribution in [3.05, 3.63) is 111 Å². The standard InChI is InChI=1S/2C11H17N.2C9H16N2.C8H13NO/c1-8-6-7-10(9(2)12-8)11(3,4)5;1-8-6-7-10(11(3,4)5)12-9(8)2;1-7-8(9(2,3)4)6-11(5)10-7;1-7-6-8(9(2,3)4)11(5)10-7;1-6-5-7(9-10-6)8(2,3)4/h2*6-7H,1-5H3;2*6H,1-5H3;5H,1-4H3. The van der Waals surface area contributed by atoms with Crippen molar-refractivity contribution in [2.75, 3.05) is 0 Å². The van der Waals surface area contributed by atoms with Crippen molar-refractivity contribution in [3.63, 3.8) is 0 Å². The molecule has 8 heteroatoms. The average molecular weight is 770 g/mol. The monoisotopic (exact) mass is 770 g/mol. The maximum atomic E-state index is 4.94. The van der Waals surface area contributed by atoms with Crippen LogP contribution in [0.5, 0.6) is 0 Å². The predicted molar refractivity (Wildman–Crippen MR) is 238 cm³/mol. The van der Waals surface area contributed by atoms with E-state index >= 15 is 0 Å². The van der Waals surface area contributed by atoms with Gasteiger partial charge in [0.2, 0.25) is 0 Å². The Bertz CT molecular complexity index is 1900. The Hall–Kier alpha value is -4.07. The van der Waals surface area contributed by atoms with Gasteiger partial charge in [-0.3, -0.25) is 19.3 Å². The lowest BCUT2D eigenvalue weighted by atomic mass is 9.86. The highest BCUT2D eigenvalue weighted by Gasteiger charge is 2.20. The molecule has 5 aromatic heterocycles. The third kappa shape index (κ3) is 16.6. The molecule has 0 aromatic carbocycles. The fourth-order valence-corrected chi connectivity index (χ4v) is 5.90. The van der Waals surface area contributed by atoms with Crippen LogP contribution in [0, 0.1) is 48.5 Å². The smallest absolute Gasteiger partial charge is 0.133 e. The molecule has 0 aliphatic carbocycles. The molecule has 0 atom stereocenters. The number of nitrogens with zero attached hydrogens (tertiary/aromatic N) is 7. The zero-order valence-electron chi connectivity index (χ0n) is 40.1. The lowest BCUT2D eigenvalue weighted by molar-refractivity contribution is 0.375. The van der Waals surface area contributed by atoms with Gasteiger partial charge in [-0.1, -0.05) is 121 Å². The molecule has 5 heterocycles. The number of pyridine rings is 2. The summed E-state index contributed by atoms with van der Waals surface area (Å²) in [7, 11) is 3.95. The van der Waals surface area contributed by atoms with E-state index in [0.29, 0.717) is 0 Å². The first kappa shape index (κ1) is 49.9. The fourth-order valence-electron chi connectivity index (χ4n) is 5.90. The first-order valence-electron chi connectivity index (χ1n) is 20.0. The van der Waals surface area contributed by atoms with E-state index in [9.17, 15) is 0 Å². The predicted octanol–water partition coefficient (Wildman–Crippen LogP) is 12.3. The Balaban J connectivity index is 0.000000350. The Kier molecular flexibility index (Phi) is 17.3. The summed E-state index contributed by atoms with van der Waals surface area (Å²) in [5.41, 5.74) is 14.0. The third-order valence-electron chi connectivity index (χ3n) is 9.14. The van der Waals surface area contributed by atoms with E-state index in [-0.39, 0.29) is 27.1 Å². The van der Waals surface area contributed by atoms with Gasteiger partial charge in [0.1, 0.15) is 5.76 Å². The van der Waals surface area contributed by atoms with Gasteiger partial charge in [-0.15, -0.1) is 0 Å². The highest BCUT2D eigenvalue weighted by molar-refractivity contribution is 5.28. The Morgan fingerprint density at radius 2 is 1.02 bits per heavy atom. The molecule has 0 bridgehead atoms. The van der Waals surface area contributed by atoms with Crippen molar-refractivity contribution >= 4 is 0 Å². The zero-order valence-corrected chi connectivity index (χ0v) is 40.1. The summed E-state index contributed by atoms with van der Waals surface area (Å²) in [6.45, 7) is 47.0. The summed E-state index contributed by atoms with van der Waals surface area (Å²) in [5.74, 6) is 0.880. The second kappa shape index (κ2) is 19.4. The van der Waals surface area contributed by atoms with Crippen LogP contribution in [-0.4, -0.2) is 34.7 Å².